The van der Waals surface area contributed by atoms with Crippen LogP contribution in [0.15, 0.2) is 53.1 Å². The van der Waals surface area contributed by atoms with Gasteiger partial charge in [-0.2, -0.15) is 0 Å². The van der Waals surface area contributed by atoms with E-state index in [-0.39, 0.29) is 30.3 Å². The van der Waals surface area contributed by atoms with Crippen LogP contribution in [0.4, 0.5) is 10.5 Å². The summed E-state index contributed by atoms with van der Waals surface area (Å²) < 4.78 is 5.38. The van der Waals surface area contributed by atoms with E-state index in [0.717, 1.165) is 38.5 Å². The zero-order valence-electron chi connectivity index (χ0n) is 19.1. The predicted molar refractivity (Wildman–Crippen MR) is 125 cm³/mol. The van der Waals surface area contributed by atoms with Gasteiger partial charge in [0.1, 0.15) is 12.7 Å². The zero-order valence-corrected chi connectivity index (χ0v) is 19.1. The van der Waals surface area contributed by atoms with E-state index < -0.39 is 12.1 Å². The summed E-state index contributed by atoms with van der Waals surface area (Å²) in [5.41, 5.74) is 0.615. The second kappa shape index (κ2) is 12.1. The number of carbonyl (C=O) groups is 3. The highest BCUT2D eigenvalue weighted by molar-refractivity contribution is 5.99. The van der Waals surface area contributed by atoms with Gasteiger partial charge in [-0.3, -0.25) is 14.5 Å². The van der Waals surface area contributed by atoms with Gasteiger partial charge in [0.05, 0.1) is 6.26 Å². The molecule has 0 radical (unpaired) electrons. The molecule has 1 fully saturated rings. The van der Waals surface area contributed by atoms with Crippen LogP contribution in [0, 0.1) is 0 Å². The Morgan fingerprint density at radius 3 is 2.42 bits per heavy atom. The highest BCUT2D eigenvalue weighted by Crippen LogP contribution is 2.26. The topological polar surface area (TPSA) is 103 Å². The largest absolute Gasteiger partial charge is 0.465 e. The number of unbranched alkanes of at least 4 members (excludes halogenated alkanes) is 1. The van der Waals surface area contributed by atoms with Crippen LogP contribution < -0.4 is 10.2 Å². The molecule has 1 heterocycles. The average molecular weight is 456 g/mol. The lowest BCUT2D eigenvalue weighted by Gasteiger charge is -2.38. The molecule has 1 atom stereocenters. The summed E-state index contributed by atoms with van der Waals surface area (Å²) in [6.45, 7) is 2.01. The lowest BCUT2D eigenvalue weighted by atomic mass is 9.94. The van der Waals surface area contributed by atoms with Crippen molar-refractivity contribution in [2.45, 2.75) is 70.4 Å². The van der Waals surface area contributed by atoms with Gasteiger partial charge >= 0.3 is 6.09 Å². The van der Waals surface area contributed by atoms with Crippen LogP contribution in [0.5, 0.6) is 0 Å². The number of amides is 3. The molecule has 1 saturated carbocycles. The summed E-state index contributed by atoms with van der Waals surface area (Å²) in [5, 5.41) is 11.7. The van der Waals surface area contributed by atoms with E-state index >= 15 is 0 Å². The molecule has 1 aliphatic rings. The molecule has 0 aliphatic heterocycles. The van der Waals surface area contributed by atoms with E-state index in [2.05, 4.69) is 5.32 Å². The fourth-order valence-corrected chi connectivity index (χ4v) is 4.32. The van der Waals surface area contributed by atoms with E-state index in [0.29, 0.717) is 18.5 Å². The number of furan rings is 1. The minimum atomic E-state index is -1.24. The Labute approximate surface area is 194 Å². The highest BCUT2D eigenvalue weighted by Gasteiger charge is 2.33. The number of hydrogen-bond donors (Lipinski definition) is 2. The fourth-order valence-electron chi connectivity index (χ4n) is 4.32. The molecule has 3 rings (SSSR count). The minimum absolute atomic E-state index is 0.0168. The van der Waals surface area contributed by atoms with Gasteiger partial charge in [-0.1, -0.05) is 57.2 Å². The van der Waals surface area contributed by atoms with Crippen LogP contribution in [-0.2, 0) is 4.79 Å². The summed E-state index contributed by atoms with van der Waals surface area (Å²) in [6, 6.07) is 11.5. The first kappa shape index (κ1) is 24.4. The number of carbonyl (C=O) groups excluding carboxylic acids is 2. The third kappa shape index (κ3) is 6.60. The van der Waals surface area contributed by atoms with Crippen LogP contribution in [0.2, 0.25) is 0 Å². The molecule has 1 aromatic heterocycles. The molecule has 1 aliphatic carbocycles. The molecule has 33 heavy (non-hydrogen) atoms. The molecule has 8 nitrogen and oxygen atoms in total. The number of nitrogens with zero attached hydrogens (tertiary/aromatic N) is 2. The zero-order chi connectivity index (χ0) is 23.6. The number of carboxylic acid groups (broad SMARTS) is 1. The third-order valence-electron chi connectivity index (χ3n) is 6.08. The molecular formula is C25H33N3O5. The van der Waals surface area contributed by atoms with Crippen LogP contribution in [0.1, 0.15) is 68.8 Å². The van der Waals surface area contributed by atoms with Gasteiger partial charge in [-0.15, -0.1) is 0 Å². The van der Waals surface area contributed by atoms with Crippen molar-refractivity contribution < 1.29 is 23.9 Å². The van der Waals surface area contributed by atoms with E-state index in [1.54, 1.807) is 29.2 Å². The number of anilines is 1. The summed E-state index contributed by atoms with van der Waals surface area (Å²) in [4.78, 5) is 41.7. The smallest absolute Gasteiger partial charge is 0.405 e. The average Bonchev–Trinajstić information content (AvgIpc) is 3.38. The summed E-state index contributed by atoms with van der Waals surface area (Å²) in [6.07, 6.45) is 7.03. The Balaban J connectivity index is 1.94. The van der Waals surface area contributed by atoms with Gasteiger partial charge < -0.3 is 19.7 Å². The number of hydrogen-bond acceptors (Lipinski definition) is 4. The maximum atomic E-state index is 13.7. The summed E-state index contributed by atoms with van der Waals surface area (Å²) >= 11 is 0. The lowest BCUT2D eigenvalue weighted by molar-refractivity contribution is -0.121. The molecule has 178 valence electrons. The quantitative estimate of drug-likeness (QED) is 0.498. The standard InChI is InChI=1S/C25H33N3O5/c1-2-3-15-21(26-25(31)32)23(29)27(19-11-6-4-7-12-19)18-28(20-13-8-5-9-14-20)24(30)22-16-10-17-33-22/h4,6-7,10-12,16-17,20-21,26H,2-3,5,8-9,13-15,18H2,1H3,(H,31,32). The molecular weight excluding hydrogens is 422 g/mol. The summed E-state index contributed by atoms with van der Waals surface area (Å²) in [5.74, 6) is -0.408. The number of rotatable bonds is 10. The van der Waals surface area contributed by atoms with E-state index in [4.69, 9.17) is 4.42 Å². The highest BCUT2D eigenvalue weighted by atomic mass is 16.4. The van der Waals surface area contributed by atoms with Crippen LogP contribution in [0.25, 0.3) is 0 Å². The summed E-state index contributed by atoms with van der Waals surface area (Å²) in [7, 11) is 0. The van der Waals surface area contributed by atoms with Crippen molar-refractivity contribution in [3.63, 3.8) is 0 Å². The maximum absolute atomic E-state index is 13.7. The molecule has 2 N–H and O–H groups in total. The Morgan fingerprint density at radius 1 is 1.09 bits per heavy atom. The third-order valence-corrected chi connectivity index (χ3v) is 6.08. The lowest BCUT2D eigenvalue weighted by Crippen LogP contribution is -2.54. The van der Waals surface area contributed by atoms with Crippen molar-refractivity contribution in [3.8, 4) is 0 Å². The normalized spacial score (nSPS) is 14.9. The van der Waals surface area contributed by atoms with E-state index in [9.17, 15) is 19.5 Å². The van der Waals surface area contributed by atoms with Crippen molar-refractivity contribution >= 4 is 23.6 Å². The SMILES string of the molecule is CCCCC(NC(=O)O)C(=O)N(CN(C(=O)c1ccco1)C1CCCCC1)c1ccccc1. The van der Waals surface area contributed by atoms with Crippen LogP contribution in [-0.4, -0.2) is 46.7 Å². The Kier molecular flexibility index (Phi) is 8.92. The molecule has 8 heteroatoms. The Bertz CT molecular complexity index is 894. The van der Waals surface area contributed by atoms with E-state index in [1.165, 1.54) is 11.2 Å². The fraction of sp³-hybridized carbons (Fsp3) is 0.480. The maximum Gasteiger partial charge on any atom is 0.405 e. The van der Waals surface area contributed by atoms with Crippen molar-refractivity contribution in [2.24, 2.45) is 0 Å². The van der Waals surface area contributed by atoms with Crippen molar-refractivity contribution in [1.82, 2.24) is 10.2 Å². The number of nitrogens with one attached hydrogen (secondary N) is 1. The molecule has 1 unspecified atom stereocenters. The van der Waals surface area contributed by atoms with Gasteiger partial charge in [0.25, 0.3) is 11.8 Å². The molecule has 0 saturated heterocycles. The molecule has 2 aromatic rings. The second-order valence-corrected chi connectivity index (χ2v) is 8.43. The monoisotopic (exact) mass is 455 g/mol. The van der Waals surface area contributed by atoms with Crippen molar-refractivity contribution in [2.75, 3.05) is 11.6 Å². The van der Waals surface area contributed by atoms with Crippen molar-refractivity contribution in [3.05, 3.63) is 54.5 Å². The van der Waals surface area contributed by atoms with Gasteiger partial charge in [-0.05, 0) is 43.5 Å². The van der Waals surface area contributed by atoms with Gasteiger partial charge in [-0.25, -0.2) is 4.79 Å². The molecule has 3 amide bonds. The Hall–Kier alpha value is -3.29. The van der Waals surface area contributed by atoms with Gasteiger partial charge in [0.2, 0.25) is 0 Å². The van der Waals surface area contributed by atoms with Gasteiger partial charge in [0.15, 0.2) is 5.76 Å². The first-order valence-corrected chi connectivity index (χ1v) is 11.7. The number of para-hydroxylation sites is 1. The van der Waals surface area contributed by atoms with E-state index in [1.807, 2.05) is 25.1 Å². The second-order valence-electron chi connectivity index (χ2n) is 8.43. The molecule has 1 aromatic carbocycles. The van der Waals surface area contributed by atoms with Crippen LogP contribution >= 0.6 is 0 Å². The van der Waals surface area contributed by atoms with Gasteiger partial charge in [0, 0.05) is 11.7 Å². The first-order chi connectivity index (χ1) is 16.0. The first-order valence-electron chi connectivity index (χ1n) is 11.7. The Morgan fingerprint density at radius 2 is 1.82 bits per heavy atom. The predicted octanol–water partition coefficient (Wildman–Crippen LogP) is 4.87. The molecule has 0 spiro atoms. The van der Waals surface area contributed by atoms with Crippen molar-refractivity contribution in [1.29, 1.82) is 0 Å². The van der Waals surface area contributed by atoms with Crippen LogP contribution in [0.3, 0.4) is 0 Å². The minimum Gasteiger partial charge on any atom is -0.465 e. The number of benzene rings is 1. The molecule has 0 bridgehead atoms.